The van der Waals surface area contributed by atoms with Crippen molar-refractivity contribution in [1.82, 2.24) is 4.98 Å². The summed E-state index contributed by atoms with van der Waals surface area (Å²) in [5.74, 6) is -3.00. The highest BCUT2D eigenvalue weighted by atomic mass is 19.2. The van der Waals surface area contributed by atoms with Gasteiger partial charge in [0.05, 0.1) is 11.8 Å². The first kappa shape index (κ1) is 9.76. The van der Waals surface area contributed by atoms with Crippen molar-refractivity contribution in [2.45, 2.75) is 6.92 Å². The lowest BCUT2D eigenvalue weighted by Crippen LogP contribution is -1.92. The third kappa shape index (κ3) is 1.72. The zero-order chi connectivity index (χ0) is 11.0. The normalized spacial score (nSPS) is 10.7. The van der Waals surface area contributed by atoms with E-state index in [1.165, 1.54) is 6.20 Å². The first-order valence-corrected chi connectivity index (χ1v) is 4.15. The molecule has 0 saturated carbocycles. The lowest BCUT2D eigenvalue weighted by Gasteiger charge is -1.99. The molecule has 2 nitrogen and oxygen atoms in total. The topological polar surface area (TPSA) is 26.0 Å². The number of aryl methyl sites for hydroxylation is 1. The maximum absolute atomic E-state index is 13.2. The van der Waals surface area contributed by atoms with Crippen LogP contribution in [-0.4, -0.2) is 4.98 Å². The minimum atomic E-state index is -1.26. The molecule has 0 aliphatic carbocycles. The summed E-state index contributed by atoms with van der Waals surface area (Å²) in [5.41, 5.74) is -0.319. The molecule has 0 spiro atoms. The largest absolute Gasteiger partial charge is 0.441 e. The van der Waals surface area contributed by atoms with Crippen molar-refractivity contribution < 1.29 is 17.6 Å². The fraction of sp³-hybridized carbons (Fsp3) is 0.100. The average Bonchev–Trinajstić information content (AvgIpc) is 2.58. The molecular formula is C10H6F3NO. The number of halogens is 3. The van der Waals surface area contributed by atoms with E-state index < -0.39 is 17.5 Å². The quantitative estimate of drug-likeness (QED) is 0.680. The Morgan fingerprint density at radius 1 is 1.20 bits per heavy atom. The second-order valence-corrected chi connectivity index (χ2v) is 3.03. The van der Waals surface area contributed by atoms with Crippen LogP contribution in [0.1, 0.15) is 5.76 Å². The summed E-state index contributed by atoms with van der Waals surface area (Å²) < 4.78 is 43.9. The third-order valence-electron chi connectivity index (χ3n) is 1.84. The van der Waals surface area contributed by atoms with Gasteiger partial charge in [-0.25, -0.2) is 18.2 Å². The number of hydrogen-bond donors (Lipinski definition) is 0. The molecule has 15 heavy (non-hydrogen) atoms. The van der Waals surface area contributed by atoms with Gasteiger partial charge in [0.25, 0.3) is 0 Å². The fourth-order valence-corrected chi connectivity index (χ4v) is 1.19. The van der Waals surface area contributed by atoms with Gasteiger partial charge in [0, 0.05) is 6.07 Å². The van der Waals surface area contributed by atoms with Gasteiger partial charge in [-0.1, -0.05) is 0 Å². The SMILES string of the molecule is Cc1cnc(-c2cc(F)cc(F)c2F)o1. The van der Waals surface area contributed by atoms with Crippen molar-refractivity contribution in [2.75, 3.05) is 0 Å². The molecule has 0 aliphatic heterocycles. The van der Waals surface area contributed by atoms with Crippen LogP contribution >= 0.6 is 0 Å². The van der Waals surface area contributed by atoms with Crippen molar-refractivity contribution in [2.24, 2.45) is 0 Å². The molecule has 0 bridgehead atoms. The average molecular weight is 213 g/mol. The Morgan fingerprint density at radius 3 is 2.53 bits per heavy atom. The predicted molar refractivity (Wildman–Crippen MR) is 46.6 cm³/mol. The molecule has 1 heterocycles. The summed E-state index contributed by atoms with van der Waals surface area (Å²) in [6, 6.07) is 1.30. The van der Waals surface area contributed by atoms with Crippen molar-refractivity contribution in [3.63, 3.8) is 0 Å². The molecule has 0 fully saturated rings. The highest BCUT2D eigenvalue weighted by Crippen LogP contribution is 2.25. The van der Waals surface area contributed by atoms with Gasteiger partial charge in [-0.2, -0.15) is 0 Å². The molecule has 1 aromatic carbocycles. The predicted octanol–water partition coefficient (Wildman–Crippen LogP) is 3.07. The zero-order valence-corrected chi connectivity index (χ0v) is 7.72. The van der Waals surface area contributed by atoms with Crippen LogP contribution in [0.2, 0.25) is 0 Å². The zero-order valence-electron chi connectivity index (χ0n) is 7.72. The van der Waals surface area contributed by atoms with Gasteiger partial charge >= 0.3 is 0 Å². The third-order valence-corrected chi connectivity index (χ3v) is 1.84. The first-order chi connectivity index (χ1) is 7.08. The molecule has 2 aromatic rings. The second kappa shape index (κ2) is 3.42. The fourth-order valence-electron chi connectivity index (χ4n) is 1.19. The molecular weight excluding hydrogens is 207 g/mol. The molecule has 0 saturated heterocycles. The van der Waals surface area contributed by atoms with Crippen molar-refractivity contribution >= 4 is 0 Å². The Labute approximate surface area is 83.4 Å². The van der Waals surface area contributed by atoms with Crippen LogP contribution in [0.4, 0.5) is 13.2 Å². The van der Waals surface area contributed by atoms with Gasteiger partial charge < -0.3 is 4.42 Å². The lowest BCUT2D eigenvalue weighted by atomic mass is 10.2. The van der Waals surface area contributed by atoms with E-state index in [0.29, 0.717) is 11.8 Å². The minimum absolute atomic E-state index is 0.136. The van der Waals surface area contributed by atoms with Crippen molar-refractivity contribution in [3.8, 4) is 11.5 Å². The monoisotopic (exact) mass is 213 g/mol. The Hall–Kier alpha value is -1.78. The van der Waals surface area contributed by atoms with E-state index >= 15 is 0 Å². The second-order valence-electron chi connectivity index (χ2n) is 3.03. The summed E-state index contributed by atoms with van der Waals surface area (Å²) in [7, 11) is 0. The van der Waals surface area contributed by atoms with Gasteiger partial charge in [-0.05, 0) is 13.0 Å². The molecule has 0 amide bonds. The maximum Gasteiger partial charge on any atom is 0.229 e. The number of hydrogen-bond acceptors (Lipinski definition) is 2. The van der Waals surface area contributed by atoms with E-state index in [1.54, 1.807) is 6.92 Å². The van der Waals surface area contributed by atoms with Crippen LogP contribution < -0.4 is 0 Å². The van der Waals surface area contributed by atoms with Gasteiger partial charge in [0.1, 0.15) is 11.6 Å². The maximum atomic E-state index is 13.2. The van der Waals surface area contributed by atoms with Crippen molar-refractivity contribution in [3.05, 3.63) is 41.5 Å². The van der Waals surface area contributed by atoms with Crippen LogP contribution in [0, 0.1) is 24.4 Å². The molecule has 5 heteroatoms. The van der Waals surface area contributed by atoms with Gasteiger partial charge in [-0.15, -0.1) is 0 Å². The highest BCUT2D eigenvalue weighted by Gasteiger charge is 2.16. The van der Waals surface area contributed by atoms with E-state index in [0.717, 1.165) is 6.07 Å². The smallest absolute Gasteiger partial charge is 0.229 e. The van der Waals surface area contributed by atoms with Crippen LogP contribution in [0.15, 0.2) is 22.7 Å². The number of rotatable bonds is 1. The minimum Gasteiger partial charge on any atom is -0.441 e. The Morgan fingerprint density at radius 2 is 1.93 bits per heavy atom. The van der Waals surface area contributed by atoms with E-state index in [-0.39, 0.29) is 11.5 Å². The molecule has 0 unspecified atom stereocenters. The summed E-state index contributed by atoms with van der Waals surface area (Å²) in [6.07, 6.45) is 1.34. The molecule has 0 radical (unpaired) electrons. The molecule has 78 valence electrons. The standard InChI is InChI=1S/C10H6F3NO/c1-5-4-14-10(15-5)7-2-6(11)3-8(12)9(7)13/h2-4H,1H3. The van der Waals surface area contributed by atoms with Crippen LogP contribution in [-0.2, 0) is 0 Å². The van der Waals surface area contributed by atoms with Crippen molar-refractivity contribution in [1.29, 1.82) is 0 Å². The van der Waals surface area contributed by atoms with E-state index in [1.807, 2.05) is 0 Å². The summed E-state index contributed by atoms with van der Waals surface area (Å²) >= 11 is 0. The lowest BCUT2D eigenvalue weighted by molar-refractivity contribution is 0.486. The Balaban J connectivity index is 2.62. The van der Waals surface area contributed by atoms with E-state index in [2.05, 4.69) is 4.98 Å². The van der Waals surface area contributed by atoms with Crippen LogP contribution in [0.3, 0.4) is 0 Å². The molecule has 1 aromatic heterocycles. The molecule has 0 atom stereocenters. The first-order valence-electron chi connectivity index (χ1n) is 4.15. The van der Waals surface area contributed by atoms with Gasteiger partial charge in [0.2, 0.25) is 5.89 Å². The highest BCUT2D eigenvalue weighted by molar-refractivity contribution is 5.54. The number of oxazole rings is 1. The molecule has 0 aliphatic rings. The number of nitrogens with zero attached hydrogens (tertiary/aromatic N) is 1. The summed E-state index contributed by atoms with van der Waals surface area (Å²) in [6.45, 7) is 1.60. The van der Waals surface area contributed by atoms with Gasteiger partial charge in [-0.3, -0.25) is 0 Å². The summed E-state index contributed by atoms with van der Waals surface area (Å²) in [5, 5.41) is 0. The van der Waals surface area contributed by atoms with Gasteiger partial charge in [0.15, 0.2) is 11.6 Å². The number of aromatic nitrogens is 1. The van der Waals surface area contributed by atoms with E-state index in [4.69, 9.17) is 4.42 Å². The molecule has 0 N–H and O–H groups in total. The van der Waals surface area contributed by atoms with Crippen LogP contribution in [0.25, 0.3) is 11.5 Å². The van der Waals surface area contributed by atoms with Crippen LogP contribution in [0.5, 0.6) is 0 Å². The Kier molecular flexibility index (Phi) is 2.22. The number of benzene rings is 1. The summed E-state index contributed by atoms with van der Waals surface area (Å²) in [4.78, 5) is 3.69. The van der Waals surface area contributed by atoms with E-state index in [9.17, 15) is 13.2 Å². The molecule has 2 rings (SSSR count). The Bertz CT molecular complexity index is 507.